The fourth-order valence-electron chi connectivity index (χ4n) is 2.94. The Morgan fingerprint density at radius 3 is 2.15 bits per heavy atom. The fourth-order valence-corrected chi connectivity index (χ4v) is 2.94. The van der Waals surface area contributed by atoms with Crippen LogP contribution in [0.1, 0.15) is 11.4 Å². The Labute approximate surface area is 179 Å². The summed E-state index contributed by atoms with van der Waals surface area (Å²) in [7, 11) is -2.13. The van der Waals surface area contributed by atoms with Crippen molar-refractivity contribution in [2.24, 2.45) is 0 Å². The SMILES string of the molecule is OB(O)c1cc(Nc2nccc(C(F)(F)F)n2)cc2cnn(-c3nccc(C(F)(F)F)n3)c12. The van der Waals surface area contributed by atoms with Gasteiger partial charge in [0.1, 0.15) is 11.4 Å². The van der Waals surface area contributed by atoms with Gasteiger partial charge in [0.25, 0.3) is 5.95 Å². The van der Waals surface area contributed by atoms with Crippen molar-refractivity contribution in [2.45, 2.75) is 12.4 Å². The molecule has 3 heterocycles. The summed E-state index contributed by atoms with van der Waals surface area (Å²) in [5.74, 6) is -0.903. The lowest BCUT2D eigenvalue weighted by Gasteiger charge is -2.12. The van der Waals surface area contributed by atoms with E-state index in [-0.39, 0.29) is 22.1 Å². The highest BCUT2D eigenvalue weighted by atomic mass is 19.4. The number of benzene rings is 1. The lowest BCUT2D eigenvalue weighted by molar-refractivity contribution is -0.142. The Morgan fingerprint density at radius 2 is 1.52 bits per heavy atom. The summed E-state index contributed by atoms with van der Waals surface area (Å²) in [6.45, 7) is 0. The van der Waals surface area contributed by atoms with Crippen molar-refractivity contribution in [3.05, 3.63) is 54.2 Å². The molecule has 0 aliphatic carbocycles. The molecule has 4 rings (SSSR count). The second kappa shape index (κ2) is 7.97. The first kappa shape index (κ1) is 22.4. The molecular formula is C17H10BF6N7O2. The number of nitrogens with zero attached hydrogens (tertiary/aromatic N) is 6. The van der Waals surface area contributed by atoms with Crippen molar-refractivity contribution < 1.29 is 36.4 Å². The van der Waals surface area contributed by atoms with Gasteiger partial charge in [-0.1, -0.05) is 0 Å². The molecule has 0 aliphatic heterocycles. The van der Waals surface area contributed by atoms with E-state index in [2.05, 4.69) is 30.4 Å². The molecule has 4 aromatic rings. The lowest BCUT2D eigenvalue weighted by atomic mass is 9.78. The zero-order valence-corrected chi connectivity index (χ0v) is 16.0. The zero-order valence-electron chi connectivity index (χ0n) is 16.0. The minimum atomic E-state index is -4.75. The molecule has 0 fully saturated rings. The van der Waals surface area contributed by atoms with Crippen LogP contribution in [0.4, 0.5) is 38.0 Å². The molecule has 0 saturated carbocycles. The molecule has 16 heteroatoms. The summed E-state index contributed by atoms with van der Waals surface area (Å²) in [6, 6.07) is 3.83. The summed E-state index contributed by atoms with van der Waals surface area (Å²) >= 11 is 0. The molecule has 0 aliphatic rings. The van der Waals surface area contributed by atoms with Gasteiger partial charge in [0.15, 0.2) is 0 Å². The first-order valence-electron chi connectivity index (χ1n) is 8.89. The molecule has 0 bridgehead atoms. The summed E-state index contributed by atoms with van der Waals surface area (Å²) in [5.41, 5.74) is -2.63. The third-order valence-corrected chi connectivity index (χ3v) is 4.30. The number of anilines is 2. The van der Waals surface area contributed by atoms with Crippen LogP contribution in [0.2, 0.25) is 0 Å². The van der Waals surface area contributed by atoms with Crippen LogP contribution in [0.5, 0.6) is 0 Å². The number of halogens is 6. The average molecular weight is 469 g/mol. The minimum Gasteiger partial charge on any atom is -0.423 e. The fraction of sp³-hybridized carbons (Fsp3) is 0.118. The van der Waals surface area contributed by atoms with Gasteiger partial charge in [0, 0.05) is 28.9 Å². The number of aromatic nitrogens is 6. The van der Waals surface area contributed by atoms with Gasteiger partial charge in [0.05, 0.1) is 11.7 Å². The van der Waals surface area contributed by atoms with Gasteiger partial charge in [0.2, 0.25) is 5.95 Å². The molecule has 3 N–H and O–H groups in total. The molecule has 3 aromatic heterocycles. The van der Waals surface area contributed by atoms with Crippen molar-refractivity contribution in [3.8, 4) is 5.95 Å². The smallest absolute Gasteiger partial charge is 0.423 e. The van der Waals surface area contributed by atoms with Crippen LogP contribution in [0.3, 0.4) is 0 Å². The van der Waals surface area contributed by atoms with Gasteiger partial charge in [-0.15, -0.1) is 0 Å². The molecule has 0 spiro atoms. The topological polar surface area (TPSA) is 122 Å². The van der Waals surface area contributed by atoms with E-state index >= 15 is 0 Å². The van der Waals surface area contributed by atoms with Crippen molar-refractivity contribution in [3.63, 3.8) is 0 Å². The first-order chi connectivity index (χ1) is 15.4. The molecular weight excluding hydrogens is 459 g/mol. The molecule has 0 radical (unpaired) electrons. The standard InChI is InChI=1S/C17H10BF6N7O2/c19-16(20,21)11-1-3-25-14(29-11)28-9-5-8-7-27-31(13(8)10(6-9)18(32)33)15-26-4-2-12(30-15)17(22,23)24/h1-7,32-33H,(H,25,28,29). The minimum absolute atomic E-state index is 0.0279. The van der Waals surface area contributed by atoms with Crippen LogP contribution in [0, 0.1) is 0 Å². The van der Waals surface area contributed by atoms with E-state index in [1.807, 2.05) is 0 Å². The van der Waals surface area contributed by atoms with E-state index in [1.54, 1.807) is 0 Å². The Bertz CT molecular complexity index is 1330. The second-order valence-corrected chi connectivity index (χ2v) is 6.56. The summed E-state index contributed by atoms with van der Waals surface area (Å²) in [5, 5.41) is 26.3. The highest BCUT2D eigenvalue weighted by Crippen LogP contribution is 2.29. The number of hydrogen-bond donors (Lipinski definition) is 3. The number of alkyl halides is 6. The number of nitrogens with one attached hydrogen (secondary N) is 1. The third kappa shape index (κ3) is 4.56. The van der Waals surface area contributed by atoms with Crippen molar-refractivity contribution in [2.75, 3.05) is 5.32 Å². The van der Waals surface area contributed by atoms with Crippen LogP contribution in [-0.2, 0) is 12.4 Å². The Hall–Kier alpha value is -3.79. The number of fused-ring (bicyclic) bond motifs is 1. The largest absolute Gasteiger partial charge is 0.490 e. The van der Waals surface area contributed by atoms with Crippen molar-refractivity contribution >= 4 is 35.1 Å². The summed E-state index contributed by atoms with van der Waals surface area (Å²) < 4.78 is 78.5. The Balaban J connectivity index is 1.79. The summed E-state index contributed by atoms with van der Waals surface area (Å²) in [4.78, 5) is 14.2. The first-order valence-corrected chi connectivity index (χ1v) is 8.89. The van der Waals surface area contributed by atoms with Gasteiger partial charge >= 0.3 is 19.5 Å². The monoisotopic (exact) mass is 469 g/mol. The molecule has 170 valence electrons. The molecule has 0 unspecified atom stereocenters. The number of hydrogen-bond acceptors (Lipinski definition) is 8. The second-order valence-electron chi connectivity index (χ2n) is 6.56. The molecule has 33 heavy (non-hydrogen) atoms. The van der Waals surface area contributed by atoms with Crippen molar-refractivity contribution in [1.29, 1.82) is 0 Å². The van der Waals surface area contributed by atoms with Crippen LogP contribution in [-0.4, -0.2) is 46.9 Å². The maximum Gasteiger partial charge on any atom is 0.490 e. The van der Waals surface area contributed by atoms with Gasteiger partial charge < -0.3 is 15.4 Å². The van der Waals surface area contributed by atoms with E-state index in [1.165, 1.54) is 12.3 Å². The van der Waals surface area contributed by atoms with E-state index in [0.717, 1.165) is 23.1 Å². The van der Waals surface area contributed by atoms with Crippen molar-refractivity contribution in [1.82, 2.24) is 29.7 Å². The predicted molar refractivity (Wildman–Crippen MR) is 102 cm³/mol. The zero-order chi connectivity index (χ0) is 24.0. The van der Waals surface area contributed by atoms with Gasteiger partial charge in [-0.25, -0.2) is 19.9 Å². The van der Waals surface area contributed by atoms with Gasteiger partial charge in [-0.2, -0.15) is 36.1 Å². The van der Waals surface area contributed by atoms with Crippen LogP contribution in [0.25, 0.3) is 16.9 Å². The molecule has 0 atom stereocenters. The van der Waals surface area contributed by atoms with Gasteiger partial charge in [-0.05, 0) is 24.3 Å². The summed E-state index contributed by atoms with van der Waals surface area (Å²) in [6.07, 6.45) is -6.51. The molecule has 0 amide bonds. The molecule has 1 aromatic carbocycles. The highest BCUT2D eigenvalue weighted by Gasteiger charge is 2.34. The highest BCUT2D eigenvalue weighted by molar-refractivity contribution is 6.62. The van der Waals surface area contributed by atoms with E-state index in [9.17, 15) is 36.4 Å². The lowest BCUT2D eigenvalue weighted by Crippen LogP contribution is -2.32. The maximum absolute atomic E-state index is 13.0. The molecule has 0 saturated heterocycles. The maximum atomic E-state index is 13.0. The average Bonchev–Trinajstić information content (AvgIpc) is 3.16. The van der Waals surface area contributed by atoms with E-state index < -0.39 is 42.8 Å². The van der Waals surface area contributed by atoms with Crippen LogP contribution < -0.4 is 10.8 Å². The van der Waals surface area contributed by atoms with Crippen LogP contribution >= 0.6 is 0 Å². The van der Waals surface area contributed by atoms with E-state index in [0.29, 0.717) is 12.1 Å². The normalized spacial score (nSPS) is 12.2. The predicted octanol–water partition coefficient (Wildman–Crippen LogP) is 2.07. The number of rotatable bonds is 4. The third-order valence-electron chi connectivity index (χ3n) is 4.30. The van der Waals surface area contributed by atoms with Gasteiger partial charge in [-0.3, -0.25) is 0 Å². The quantitative estimate of drug-likeness (QED) is 0.307. The molecule has 9 nitrogen and oxygen atoms in total. The Kier molecular flexibility index (Phi) is 5.41. The van der Waals surface area contributed by atoms with Crippen LogP contribution in [0.15, 0.2) is 42.9 Å². The van der Waals surface area contributed by atoms with E-state index in [4.69, 9.17) is 0 Å². The Morgan fingerprint density at radius 1 is 0.879 bits per heavy atom.